The zero-order chi connectivity index (χ0) is 18.6. The Morgan fingerprint density at radius 1 is 1.00 bits per heavy atom. The summed E-state index contributed by atoms with van der Waals surface area (Å²) in [4.78, 5) is 26.8. The van der Waals surface area contributed by atoms with E-state index in [0.717, 1.165) is 18.4 Å². The van der Waals surface area contributed by atoms with Crippen LogP contribution in [0.2, 0.25) is 0 Å². The number of ketones is 2. The molecule has 142 valence electrons. The van der Waals surface area contributed by atoms with Crippen LogP contribution in [0, 0.1) is 23.2 Å². The summed E-state index contributed by atoms with van der Waals surface area (Å²) in [6.45, 7) is 2.75. The van der Waals surface area contributed by atoms with Gasteiger partial charge in [0.15, 0.2) is 11.6 Å². The first kappa shape index (κ1) is 17.4. The number of ether oxygens (including phenoxy) is 1. The average Bonchev–Trinajstić information content (AvgIpc) is 2.72. The maximum atomic E-state index is 13.6. The molecule has 3 aliphatic carbocycles. The summed E-state index contributed by atoms with van der Waals surface area (Å²) in [5.41, 5.74) is 1.26. The van der Waals surface area contributed by atoms with Crippen molar-refractivity contribution >= 4 is 11.6 Å². The Kier molecular flexibility index (Phi) is 4.12. The van der Waals surface area contributed by atoms with Gasteiger partial charge in [0.1, 0.15) is 0 Å². The van der Waals surface area contributed by atoms with Crippen LogP contribution in [0.4, 0.5) is 0 Å². The highest BCUT2D eigenvalue weighted by Gasteiger charge is 2.57. The molecule has 0 radical (unpaired) electrons. The van der Waals surface area contributed by atoms with Gasteiger partial charge in [-0.25, -0.2) is 0 Å². The van der Waals surface area contributed by atoms with Gasteiger partial charge in [0.2, 0.25) is 0 Å². The minimum atomic E-state index is -0.689. The van der Waals surface area contributed by atoms with Gasteiger partial charge in [0.25, 0.3) is 0 Å². The van der Waals surface area contributed by atoms with E-state index in [9.17, 15) is 9.59 Å². The fourth-order valence-corrected chi connectivity index (χ4v) is 6.45. The number of benzene rings is 1. The third-order valence-corrected chi connectivity index (χ3v) is 7.82. The van der Waals surface area contributed by atoms with Crippen molar-refractivity contribution in [1.82, 2.24) is 0 Å². The van der Waals surface area contributed by atoms with E-state index in [1.807, 2.05) is 25.1 Å². The van der Waals surface area contributed by atoms with Gasteiger partial charge in [-0.15, -0.1) is 0 Å². The van der Waals surface area contributed by atoms with Crippen LogP contribution in [0.25, 0.3) is 0 Å². The van der Waals surface area contributed by atoms with Crippen LogP contribution in [-0.4, -0.2) is 24.3 Å². The van der Waals surface area contributed by atoms with Crippen LogP contribution in [0.15, 0.2) is 35.9 Å². The fraction of sp³-hybridized carbons (Fsp3) is 0.583. The molecule has 1 aromatic carbocycles. The van der Waals surface area contributed by atoms with Crippen LogP contribution in [0.5, 0.6) is 0 Å². The predicted molar refractivity (Wildman–Crippen MR) is 104 cm³/mol. The molecule has 0 unspecified atom stereocenters. The van der Waals surface area contributed by atoms with E-state index in [-0.39, 0.29) is 23.6 Å². The lowest BCUT2D eigenvalue weighted by atomic mass is 9.52. The Balaban J connectivity index is 1.56. The SMILES string of the molecule is C[C@]12C(=O)c3ccccc3C(=O)C1=CC[C@@H]1[C@H]2CCO[C@H]1C1CCCCC1. The molecule has 0 amide bonds. The number of Topliss-reactive ketones (excluding diaryl/α,β-unsaturated/α-hetero) is 2. The van der Waals surface area contributed by atoms with Gasteiger partial charge >= 0.3 is 0 Å². The Bertz CT molecular complexity index is 817. The highest BCUT2D eigenvalue weighted by molar-refractivity contribution is 6.25. The summed E-state index contributed by atoms with van der Waals surface area (Å²) in [5, 5.41) is 0. The lowest BCUT2D eigenvalue weighted by Gasteiger charge is -2.53. The standard InChI is InChI=1S/C24H28O3/c1-24-19-13-14-27-22(15-7-3-2-4-8-15)18(19)11-12-20(24)21(25)16-9-5-6-10-17(16)23(24)26/h5-6,9-10,12,15,18-19,22H,2-4,7-8,11,13-14H2,1H3/t18-,19-,22+,24-/m1/s1. The first-order valence-corrected chi connectivity index (χ1v) is 10.6. The van der Waals surface area contributed by atoms with Crippen molar-refractivity contribution in [2.24, 2.45) is 23.2 Å². The molecule has 2 fully saturated rings. The van der Waals surface area contributed by atoms with Crippen molar-refractivity contribution in [3.8, 4) is 0 Å². The molecule has 0 aromatic heterocycles. The maximum Gasteiger partial charge on any atom is 0.190 e. The van der Waals surface area contributed by atoms with Crippen molar-refractivity contribution in [3.63, 3.8) is 0 Å². The summed E-state index contributed by atoms with van der Waals surface area (Å²) in [6.07, 6.45) is 10.5. The topological polar surface area (TPSA) is 43.4 Å². The molecule has 0 N–H and O–H groups in total. The second-order valence-electron chi connectivity index (χ2n) is 9.05. The number of rotatable bonds is 1. The zero-order valence-corrected chi connectivity index (χ0v) is 16.1. The zero-order valence-electron chi connectivity index (χ0n) is 16.1. The van der Waals surface area contributed by atoms with Gasteiger partial charge in [0.05, 0.1) is 11.5 Å². The first-order chi connectivity index (χ1) is 13.1. The minimum Gasteiger partial charge on any atom is -0.378 e. The molecule has 4 atom stereocenters. The monoisotopic (exact) mass is 364 g/mol. The Morgan fingerprint density at radius 2 is 1.74 bits per heavy atom. The fourth-order valence-electron chi connectivity index (χ4n) is 6.45. The van der Waals surface area contributed by atoms with Crippen LogP contribution in [0.3, 0.4) is 0 Å². The van der Waals surface area contributed by atoms with E-state index in [1.165, 1.54) is 32.1 Å². The van der Waals surface area contributed by atoms with Crippen LogP contribution in [0.1, 0.15) is 72.6 Å². The minimum absolute atomic E-state index is 0.0619. The maximum absolute atomic E-state index is 13.6. The molecule has 1 saturated heterocycles. The molecule has 5 rings (SSSR count). The second-order valence-corrected chi connectivity index (χ2v) is 9.05. The molecular formula is C24H28O3. The average molecular weight is 364 g/mol. The summed E-state index contributed by atoms with van der Waals surface area (Å²) in [5.74, 6) is 1.39. The molecule has 0 spiro atoms. The van der Waals surface area contributed by atoms with Gasteiger partial charge in [-0.1, -0.05) is 49.6 Å². The summed E-state index contributed by atoms with van der Waals surface area (Å²) in [7, 11) is 0. The van der Waals surface area contributed by atoms with Gasteiger partial charge in [0, 0.05) is 23.3 Å². The van der Waals surface area contributed by atoms with Crippen LogP contribution < -0.4 is 0 Å². The van der Waals surface area contributed by atoms with Crippen molar-refractivity contribution in [2.45, 2.75) is 58.0 Å². The van der Waals surface area contributed by atoms with Gasteiger partial charge in [-0.2, -0.15) is 0 Å². The molecule has 1 heterocycles. The van der Waals surface area contributed by atoms with Crippen molar-refractivity contribution in [3.05, 3.63) is 47.0 Å². The first-order valence-electron chi connectivity index (χ1n) is 10.6. The van der Waals surface area contributed by atoms with Crippen LogP contribution in [-0.2, 0) is 4.74 Å². The lowest BCUT2D eigenvalue weighted by Crippen LogP contribution is -2.55. The third kappa shape index (κ3) is 2.44. The van der Waals surface area contributed by atoms with Gasteiger partial charge < -0.3 is 4.74 Å². The number of fused-ring (bicyclic) bond motifs is 4. The summed E-state index contributed by atoms with van der Waals surface area (Å²) < 4.78 is 6.32. The Hall–Kier alpha value is -1.74. The normalized spacial score (nSPS) is 36.5. The van der Waals surface area contributed by atoms with Crippen molar-refractivity contribution in [2.75, 3.05) is 6.61 Å². The number of carbonyl (C=O) groups excluding carboxylic acids is 2. The van der Waals surface area contributed by atoms with E-state index >= 15 is 0 Å². The number of carbonyl (C=O) groups is 2. The quantitative estimate of drug-likeness (QED) is 0.704. The van der Waals surface area contributed by atoms with Crippen LogP contribution >= 0.6 is 0 Å². The molecule has 3 heteroatoms. The Morgan fingerprint density at radius 3 is 2.52 bits per heavy atom. The largest absolute Gasteiger partial charge is 0.378 e. The van der Waals surface area contributed by atoms with Crippen molar-refractivity contribution in [1.29, 1.82) is 0 Å². The predicted octanol–water partition coefficient (Wildman–Crippen LogP) is 5.00. The molecule has 0 bridgehead atoms. The Labute approximate surface area is 161 Å². The molecule has 4 aliphatic rings. The molecular weight excluding hydrogens is 336 g/mol. The lowest BCUT2D eigenvalue weighted by molar-refractivity contribution is -0.112. The van der Waals surface area contributed by atoms with E-state index in [2.05, 4.69) is 6.08 Å². The smallest absolute Gasteiger partial charge is 0.190 e. The van der Waals surface area contributed by atoms with Gasteiger partial charge in [-0.05, 0) is 50.4 Å². The molecule has 1 saturated carbocycles. The summed E-state index contributed by atoms with van der Waals surface area (Å²) >= 11 is 0. The highest BCUT2D eigenvalue weighted by atomic mass is 16.5. The molecule has 3 nitrogen and oxygen atoms in total. The summed E-state index contributed by atoms with van der Waals surface area (Å²) in [6, 6.07) is 7.36. The van der Waals surface area contributed by atoms with Gasteiger partial charge in [-0.3, -0.25) is 9.59 Å². The third-order valence-electron chi connectivity index (χ3n) is 7.82. The highest BCUT2D eigenvalue weighted by Crippen LogP contribution is 2.56. The molecule has 27 heavy (non-hydrogen) atoms. The number of allylic oxidation sites excluding steroid dienone is 2. The number of hydrogen-bond donors (Lipinski definition) is 0. The van der Waals surface area contributed by atoms with Crippen molar-refractivity contribution < 1.29 is 14.3 Å². The van der Waals surface area contributed by atoms with E-state index in [0.29, 0.717) is 29.6 Å². The van der Waals surface area contributed by atoms with E-state index in [1.54, 1.807) is 6.07 Å². The second kappa shape index (κ2) is 6.41. The number of hydrogen-bond acceptors (Lipinski definition) is 3. The molecule has 1 aliphatic heterocycles. The van der Waals surface area contributed by atoms with E-state index < -0.39 is 5.41 Å². The molecule has 1 aromatic rings. The van der Waals surface area contributed by atoms with E-state index in [4.69, 9.17) is 4.74 Å².